The smallest absolute Gasteiger partial charge is 0.382 e. The van der Waals surface area contributed by atoms with Crippen LogP contribution in [0, 0.1) is 11.8 Å². The summed E-state index contributed by atoms with van der Waals surface area (Å²) in [5.74, 6) is -4.74. The number of hydrogen-bond acceptors (Lipinski definition) is 5. The van der Waals surface area contributed by atoms with Crippen molar-refractivity contribution in [1.29, 1.82) is 0 Å². The normalized spacial score (nSPS) is 18.6. The highest BCUT2D eigenvalue weighted by Gasteiger charge is 2.40. The molecule has 0 radical (unpaired) electrons. The summed E-state index contributed by atoms with van der Waals surface area (Å²) in [5, 5.41) is 5.81. The van der Waals surface area contributed by atoms with Crippen molar-refractivity contribution in [3.05, 3.63) is 59.7 Å². The van der Waals surface area contributed by atoms with E-state index in [1.807, 2.05) is 48.5 Å². The average Bonchev–Trinajstić information content (AvgIpc) is 2.98. The van der Waals surface area contributed by atoms with Gasteiger partial charge in [0.05, 0.1) is 17.1 Å². The highest BCUT2D eigenvalue weighted by Crippen LogP contribution is 2.37. The van der Waals surface area contributed by atoms with Crippen molar-refractivity contribution in [2.75, 3.05) is 23.3 Å². The van der Waals surface area contributed by atoms with Gasteiger partial charge in [0.15, 0.2) is 0 Å². The van der Waals surface area contributed by atoms with Crippen LogP contribution in [0.15, 0.2) is 53.5 Å². The molecule has 0 bridgehead atoms. The van der Waals surface area contributed by atoms with Crippen LogP contribution in [0.5, 0.6) is 0 Å². The number of para-hydroxylation sites is 1. The Bertz CT molecular complexity index is 1220. The molecule has 2 aromatic carbocycles. The number of aliphatic imine (C=N–C) groups is 1. The SMILES string of the molecule is CCC(C(N)=O)C(CCC(F)(F)F)C(=O)NC1N=C(c2ccccc2)c2cccc3c2N(CCN3)C1=O. The van der Waals surface area contributed by atoms with E-state index in [2.05, 4.69) is 15.6 Å². The zero-order chi connectivity index (χ0) is 26.7. The lowest BCUT2D eigenvalue weighted by Crippen LogP contribution is -2.52. The zero-order valence-electron chi connectivity index (χ0n) is 20.2. The lowest BCUT2D eigenvalue weighted by Gasteiger charge is -2.32. The molecular formula is C26H28F3N5O3. The van der Waals surface area contributed by atoms with Crippen LogP contribution in [-0.4, -0.2) is 48.9 Å². The van der Waals surface area contributed by atoms with Crippen molar-refractivity contribution in [2.45, 2.75) is 38.5 Å². The van der Waals surface area contributed by atoms with Gasteiger partial charge in [-0.25, -0.2) is 4.99 Å². The van der Waals surface area contributed by atoms with Crippen LogP contribution >= 0.6 is 0 Å². The minimum Gasteiger partial charge on any atom is -0.382 e. The summed E-state index contributed by atoms with van der Waals surface area (Å²) in [7, 11) is 0. The summed E-state index contributed by atoms with van der Waals surface area (Å²) in [6, 6.07) is 14.6. The molecular weight excluding hydrogens is 487 g/mol. The number of rotatable bonds is 8. The monoisotopic (exact) mass is 515 g/mol. The highest BCUT2D eigenvalue weighted by molar-refractivity contribution is 6.22. The van der Waals surface area contributed by atoms with Crippen LogP contribution in [0.3, 0.4) is 0 Å². The standard InChI is InChI=1S/C26H28F3N5O3/c1-2-16(22(30)35)17(11-12-26(27,28)29)24(36)33-23-25(37)34-14-13-31-19-10-6-9-18(21(19)34)20(32-23)15-7-4-3-5-8-15/h3-10,16-17,23,31H,2,11-14H2,1H3,(H2,30,35)(H,33,36). The number of hydrogen-bond donors (Lipinski definition) is 3. The molecule has 196 valence electrons. The fourth-order valence-electron chi connectivity index (χ4n) is 4.88. The first-order valence-electron chi connectivity index (χ1n) is 12.1. The van der Waals surface area contributed by atoms with Gasteiger partial charge < -0.3 is 21.3 Å². The minimum atomic E-state index is -4.52. The summed E-state index contributed by atoms with van der Waals surface area (Å²) in [5.41, 5.74) is 8.61. The second kappa shape index (κ2) is 10.6. The van der Waals surface area contributed by atoms with Gasteiger partial charge in [0, 0.05) is 42.5 Å². The van der Waals surface area contributed by atoms with E-state index in [4.69, 9.17) is 5.73 Å². The largest absolute Gasteiger partial charge is 0.389 e. The van der Waals surface area contributed by atoms with Gasteiger partial charge in [0.25, 0.3) is 5.91 Å². The molecule has 3 atom stereocenters. The number of carbonyl (C=O) groups excluding carboxylic acids is 3. The number of nitrogens with zero attached hydrogens (tertiary/aromatic N) is 2. The Morgan fingerprint density at radius 3 is 2.54 bits per heavy atom. The van der Waals surface area contributed by atoms with E-state index >= 15 is 0 Å². The highest BCUT2D eigenvalue weighted by atomic mass is 19.4. The first kappa shape index (κ1) is 26.2. The number of nitrogens with two attached hydrogens (primary N) is 1. The molecule has 0 fully saturated rings. The van der Waals surface area contributed by atoms with Gasteiger partial charge in [-0.15, -0.1) is 0 Å². The summed E-state index contributed by atoms with van der Waals surface area (Å²) in [4.78, 5) is 45.1. The third-order valence-electron chi connectivity index (χ3n) is 6.66. The molecule has 4 N–H and O–H groups in total. The average molecular weight is 516 g/mol. The third kappa shape index (κ3) is 5.60. The fourth-order valence-corrected chi connectivity index (χ4v) is 4.88. The molecule has 11 heteroatoms. The van der Waals surface area contributed by atoms with E-state index in [9.17, 15) is 27.6 Å². The fraction of sp³-hybridized carbons (Fsp3) is 0.385. The Morgan fingerprint density at radius 2 is 1.89 bits per heavy atom. The Labute approximate surface area is 212 Å². The van der Waals surface area contributed by atoms with E-state index < -0.39 is 54.7 Å². The molecule has 4 rings (SSSR count). The maximum Gasteiger partial charge on any atom is 0.389 e. The van der Waals surface area contributed by atoms with Gasteiger partial charge in [0.1, 0.15) is 0 Å². The number of nitrogens with one attached hydrogen (secondary N) is 2. The lowest BCUT2D eigenvalue weighted by molar-refractivity contribution is -0.146. The molecule has 37 heavy (non-hydrogen) atoms. The molecule has 2 heterocycles. The summed E-state index contributed by atoms with van der Waals surface area (Å²) in [6.45, 7) is 2.35. The molecule has 8 nitrogen and oxygen atoms in total. The Morgan fingerprint density at radius 1 is 1.16 bits per heavy atom. The predicted octanol–water partition coefficient (Wildman–Crippen LogP) is 3.21. The molecule has 0 aromatic heterocycles. The molecule has 0 saturated carbocycles. The second-order valence-corrected chi connectivity index (χ2v) is 9.05. The summed E-state index contributed by atoms with van der Waals surface area (Å²) >= 11 is 0. The molecule has 3 unspecified atom stereocenters. The van der Waals surface area contributed by atoms with Crippen LogP contribution in [0.1, 0.15) is 37.3 Å². The van der Waals surface area contributed by atoms with Crippen molar-refractivity contribution >= 4 is 34.8 Å². The number of halogens is 3. The van der Waals surface area contributed by atoms with Crippen molar-refractivity contribution in [3.63, 3.8) is 0 Å². The predicted molar refractivity (Wildman–Crippen MR) is 133 cm³/mol. The van der Waals surface area contributed by atoms with Gasteiger partial charge in [0.2, 0.25) is 18.0 Å². The first-order valence-corrected chi connectivity index (χ1v) is 12.1. The van der Waals surface area contributed by atoms with Crippen molar-refractivity contribution < 1.29 is 27.6 Å². The number of anilines is 2. The van der Waals surface area contributed by atoms with Crippen LogP contribution < -0.4 is 21.3 Å². The maximum absolute atomic E-state index is 13.7. The Hall–Kier alpha value is -3.89. The third-order valence-corrected chi connectivity index (χ3v) is 6.66. The zero-order valence-corrected chi connectivity index (χ0v) is 20.2. The maximum atomic E-state index is 13.7. The van der Waals surface area contributed by atoms with Crippen molar-refractivity contribution in [3.8, 4) is 0 Å². The van der Waals surface area contributed by atoms with Crippen LogP contribution in [0.2, 0.25) is 0 Å². The second-order valence-electron chi connectivity index (χ2n) is 9.05. The van der Waals surface area contributed by atoms with Gasteiger partial charge in [-0.3, -0.25) is 14.4 Å². The van der Waals surface area contributed by atoms with Crippen LogP contribution in [-0.2, 0) is 14.4 Å². The van der Waals surface area contributed by atoms with Gasteiger partial charge in [-0.2, -0.15) is 13.2 Å². The number of benzene rings is 2. The first-order chi connectivity index (χ1) is 17.6. The topological polar surface area (TPSA) is 117 Å². The Balaban J connectivity index is 1.74. The van der Waals surface area contributed by atoms with Crippen LogP contribution in [0.4, 0.5) is 24.5 Å². The molecule has 3 amide bonds. The summed E-state index contributed by atoms with van der Waals surface area (Å²) < 4.78 is 39.1. The molecule has 0 aliphatic carbocycles. The Kier molecular flexibility index (Phi) is 7.51. The van der Waals surface area contributed by atoms with E-state index in [1.54, 1.807) is 6.92 Å². The quantitative estimate of drug-likeness (QED) is 0.501. The minimum absolute atomic E-state index is 0.0784. The van der Waals surface area contributed by atoms with Crippen molar-refractivity contribution in [1.82, 2.24) is 5.32 Å². The number of carbonyl (C=O) groups is 3. The van der Waals surface area contributed by atoms with Gasteiger partial charge >= 0.3 is 6.18 Å². The van der Waals surface area contributed by atoms with Gasteiger partial charge in [-0.05, 0) is 18.9 Å². The van der Waals surface area contributed by atoms with Crippen LogP contribution in [0.25, 0.3) is 0 Å². The number of alkyl halides is 3. The van der Waals surface area contributed by atoms with E-state index in [0.717, 1.165) is 5.69 Å². The van der Waals surface area contributed by atoms with E-state index in [0.29, 0.717) is 35.6 Å². The number of primary amides is 1. The molecule has 2 aliphatic heterocycles. The molecule has 0 spiro atoms. The molecule has 0 saturated heterocycles. The summed E-state index contributed by atoms with van der Waals surface area (Å²) in [6.07, 6.45) is -7.75. The van der Waals surface area contributed by atoms with E-state index in [-0.39, 0.29) is 6.42 Å². The lowest BCUT2D eigenvalue weighted by atomic mass is 9.85. The van der Waals surface area contributed by atoms with E-state index in [1.165, 1.54) is 4.90 Å². The van der Waals surface area contributed by atoms with Gasteiger partial charge in [-0.1, -0.05) is 49.4 Å². The van der Waals surface area contributed by atoms with Crippen molar-refractivity contribution in [2.24, 2.45) is 22.6 Å². The molecule has 2 aromatic rings. The number of amides is 3. The molecule has 2 aliphatic rings.